The van der Waals surface area contributed by atoms with E-state index in [0.29, 0.717) is 12.8 Å². The lowest BCUT2D eigenvalue weighted by Gasteiger charge is -2.28. The normalized spacial score (nSPS) is 30.6. The molecule has 4 nitrogen and oxygen atoms in total. The molecule has 2 aliphatic rings. The number of amides is 1. The lowest BCUT2D eigenvalue weighted by molar-refractivity contribution is -0.141. The van der Waals surface area contributed by atoms with Gasteiger partial charge < -0.3 is 10.4 Å². The van der Waals surface area contributed by atoms with E-state index in [1.165, 1.54) is 12.8 Å². The molecule has 2 aliphatic carbocycles. The monoisotopic (exact) mass is 267 g/mol. The molecule has 1 amide bonds. The lowest BCUT2D eigenvalue weighted by atomic mass is 9.81. The molecule has 19 heavy (non-hydrogen) atoms. The number of carbonyl (C=O) groups is 2. The highest BCUT2D eigenvalue weighted by molar-refractivity contribution is 5.82. The summed E-state index contributed by atoms with van der Waals surface area (Å²) >= 11 is 0. The van der Waals surface area contributed by atoms with Gasteiger partial charge in [0.05, 0.1) is 5.92 Å². The second kappa shape index (κ2) is 5.93. The summed E-state index contributed by atoms with van der Waals surface area (Å²) in [6.07, 6.45) is 8.74. The predicted molar refractivity (Wildman–Crippen MR) is 72.7 cm³/mol. The zero-order chi connectivity index (χ0) is 13.9. The van der Waals surface area contributed by atoms with E-state index in [-0.39, 0.29) is 23.3 Å². The average Bonchev–Trinajstić information content (AvgIpc) is 2.71. The van der Waals surface area contributed by atoms with Gasteiger partial charge in [0.15, 0.2) is 0 Å². The van der Waals surface area contributed by atoms with E-state index in [1.54, 1.807) is 0 Å². The Labute approximate surface area is 115 Å². The summed E-state index contributed by atoms with van der Waals surface area (Å²) in [6.45, 7) is 2.07. The van der Waals surface area contributed by atoms with Crippen molar-refractivity contribution >= 4 is 11.9 Å². The minimum Gasteiger partial charge on any atom is -0.481 e. The Morgan fingerprint density at radius 3 is 2.26 bits per heavy atom. The van der Waals surface area contributed by atoms with Gasteiger partial charge in [-0.2, -0.15) is 0 Å². The Kier molecular flexibility index (Phi) is 4.48. The third-order valence-corrected chi connectivity index (χ3v) is 4.87. The Morgan fingerprint density at radius 2 is 1.74 bits per heavy atom. The first-order chi connectivity index (χ1) is 9.01. The van der Waals surface area contributed by atoms with Crippen molar-refractivity contribution in [2.24, 2.45) is 11.3 Å². The molecule has 0 spiro atoms. The molecule has 2 fully saturated rings. The molecule has 2 N–H and O–H groups in total. The highest BCUT2D eigenvalue weighted by Crippen LogP contribution is 2.35. The molecule has 0 saturated heterocycles. The minimum absolute atomic E-state index is 0.0636. The molecule has 108 valence electrons. The van der Waals surface area contributed by atoms with Gasteiger partial charge in [0.25, 0.3) is 0 Å². The number of carboxylic acid groups (broad SMARTS) is 1. The summed E-state index contributed by atoms with van der Waals surface area (Å²) in [6, 6.07) is 0.0636. The molecular formula is C15H25NO3. The summed E-state index contributed by atoms with van der Waals surface area (Å²) in [5.41, 5.74) is -0.238. The van der Waals surface area contributed by atoms with Crippen LogP contribution < -0.4 is 5.32 Å². The van der Waals surface area contributed by atoms with Gasteiger partial charge in [-0.3, -0.25) is 9.59 Å². The Bertz CT molecular complexity index is 345. The molecule has 0 radical (unpaired) electrons. The average molecular weight is 267 g/mol. The Balaban J connectivity index is 1.88. The summed E-state index contributed by atoms with van der Waals surface area (Å²) in [4.78, 5) is 23.4. The van der Waals surface area contributed by atoms with Gasteiger partial charge in [0.2, 0.25) is 5.91 Å². The van der Waals surface area contributed by atoms with Crippen molar-refractivity contribution in [1.82, 2.24) is 5.32 Å². The second-order valence-electron chi connectivity index (χ2n) is 6.49. The van der Waals surface area contributed by atoms with Crippen molar-refractivity contribution in [2.45, 2.75) is 70.8 Å². The molecule has 0 aromatic carbocycles. The summed E-state index contributed by atoms with van der Waals surface area (Å²) in [7, 11) is 0. The molecular weight excluding hydrogens is 242 g/mol. The van der Waals surface area contributed by atoms with Crippen LogP contribution in [0, 0.1) is 11.3 Å². The van der Waals surface area contributed by atoms with Crippen LogP contribution >= 0.6 is 0 Å². The number of nitrogens with one attached hydrogen (secondary N) is 1. The first-order valence-corrected chi connectivity index (χ1v) is 7.55. The van der Waals surface area contributed by atoms with Gasteiger partial charge in [-0.25, -0.2) is 0 Å². The largest absolute Gasteiger partial charge is 0.481 e. The fourth-order valence-electron chi connectivity index (χ4n) is 3.43. The van der Waals surface area contributed by atoms with Crippen molar-refractivity contribution < 1.29 is 14.7 Å². The lowest BCUT2D eigenvalue weighted by Crippen LogP contribution is -2.43. The van der Waals surface area contributed by atoms with Crippen molar-refractivity contribution in [3.8, 4) is 0 Å². The smallest absolute Gasteiger partial charge is 0.306 e. The van der Waals surface area contributed by atoms with Crippen LogP contribution in [-0.2, 0) is 9.59 Å². The van der Waals surface area contributed by atoms with Crippen LogP contribution in [0.1, 0.15) is 64.7 Å². The number of rotatable bonds is 3. The molecule has 0 aliphatic heterocycles. The van der Waals surface area contributed by atoms with Gasteiger partial charge in [-0.1, -0.05) is 32.6 Å². The SMILES string of the molecule is CC1(C(=O)N[C@H]2CC[C@@H](C(=O)O)C2)CCCCCC1. The third kappa shape index (κ3) is 3.48. The van der Waals surface area contributed by atoms with Crippen LogP contribution in [0.25, 0.3) is 0 Å². The predicted octanol–water partition coefficient (Wildman–Crippen LogP) is 2.72. The molecule has 2 atom stereocenters. The number of carbonyl (C=O) groups excluding carboxylic acids is 1. The first-order valence-electron chi connectivity index (χ1n) is 7.55. The van der Waals surface area contributed by atoms with Gasteiger partial charge in [-0.05, 0) is 32.1 Å². The maximum Gasteiger partial charge on any atom is 0.306 e. The maximum absolute atomic E-state index is 12.4. The zero-order valence-electron chi connectivity index (χ0n) is 11.8. The summed E-state index contributed by atoms with van der Waals surface area (Å²) in [5, 5.41) is 12.1. The fraction of sp³-hybridized carbons (Fsp3) is 0.867. The molecule has 0 heterocycles. The molecule has 0 unspecified atom stereocenters. The molecule has 2 rings (SSSR count). The minimum atomic E-state index is -0.725. The molecule has 0 aromatic heterocycles. The zero-order valence-corrected chi connectivity index (χ0v) is 11.8. The number of hydrogen-bond donors (Lipinski definition) is 2. The van der Waals surface area contributed by atoms with Gasteiger partial charge in [0, 0.05) is 11.5 Å². The highest BCUT2D eigenvalue weighted by Gasteiger charge is 2.37. The second-order valence-corrected chi connectivity index (χ2v) is 6.49. The van der Waals surface area contributed by atoms with E-state index < -0.39 is 5.97 Å². The molecule has 0 bridgehead atoms. The van der Waals surface area contributed by atoms with Crippen molar-refractivity contribution in [3.05, 3.63) is 0 Å². The number of hydrogen-bond acceptors (Lipinski definition) is 2. The van der Waals surface area contributed by atoms with Crippen LogP contribution in [0.2, 0.25) is 0 Å². The fourth-order valence-corrected chi connectivity index (χ4v) is 3.43. The van der Waals surface area contributed by atoms with Crippen LogP contribution in [0.4, 0.5) is 0 Å². The van der Waals surface area contributed by atoms with Gasteiger partial charge >= 0.3 is 5.97 Å². The van der Waals surface area contributed by atoms with Crippen molar-refractivity contribution in [1.29, 1.82) is 0 Å². The van der Waals surface area contributed by atoms with Crippen LogP contribution in [-0.4, -0.2) is 23.0 Å². The van der Waals surface area contributed by atoms with Crippen LogP contribution in [0.3, 0.4) is 0 Å². The van der Waals surface area contributed by atoms with Crippen molar-refractivity contribution in [3.63, 3.8) is 0 Å². The number of carboxylic acids is 1. The maximum atomic E-state index is 12.4. The first kappa shape index (κ1) is 14.4. The standard InChI is InChI=1S/C15H25NO3/c1-15(8-4-2-3-5-9-15)14(19)16-12-7-6-11(10-12)13(17)18/h11-12H,2-10H2,1H3,(H,16,19)(H,17,18)/t11-,12+/m1/s1. The number of aliphatic carboxylic acids is 1. The van der Waals surface area contributed by atoms with E-state index in [9.17, 15) is 9.59 Å². The van der Waals surface area contributed by atoms with E-state index >= 15 is 0 Å². The summed E-state index contributed by atoms with van der Waals surface area (Å²) in [5.74, 6) is -0.852. The van der Waals surface area contributed by atoms with Crippen LogP contribution in [0.15, 0.2) is 0 Å². The molecule has 0 aromatic rings. The van der Waals surface area contributed by atoms with E-state index in [0.717, 1.165) is 32.1 Å². The molecule has 4 heteroatoms. The molecule has 2 saturated carbocycles. The van der Waals surface area contributed by atoms with E-state index in [4.69, 9.17) is 5.11 Å². The Hall–Kier alpha value is -1.06. The van der Waals surface area contributed by atoms with E-state index in [2.05, 4.69) is 12.2 Å². The Morgan fingerprint density at radius 1 is 1.11 bits per heavy atom. The quantitative estimate of drug-likeness (QED) is 0.773. The van der Waals surface area contributed by atoms with Gasteiger partial charge in [-0.15, -0.1) is 0 Å². The summed E-state index contributed by atoms with van der Waals surface area (Å²) < 4.78 is 0. The van der Waals surface area contributed by atoms with E-state index in [1.807, 2.05) is 0 Å². The van der Waals surface area contributed by atoms with Crippen LogP contribution in [0.5, 0.6) is 0 Å². The van der Waals surface area contributed by atoms with Crippen molar-refractivity contribution in [2.75, 3.05) is 0 Å². The van der Waals surface area contributed by atoms with Gasteiger partial charge in [0.1, 0.15) is 0 Å². The third-order valence-electron chi connectivity index (χ3n) is 4.87. The highest BCUT2D eigenvalue weighted by atomic mass is 16.4. The topological polar surface area (TPSA) is 66.4 Å².